The Morgan fingerprint density at radius 2 is 2.25 bits per heavy atom. The van der Waals surface area contributed by atoms with Crippen molar-refractivity contribution < 1.29 is 18.3 Å². The maximum absolute atomic E-state index is 12.7. The molecule has 1 aliphatic rings. The van der Waals surface area contributed by atoms with E-state index in [1.54, 1.807) is 0 Å². The van der Waals surface area contributed by atoms with Gasteiger partial charge in [0.25, 0.3) is 5.56 Å². The molecule has 0 spiro atoms. The van der Waals surface area contributed by atoms with Crippen LogP contribution in [0.3, 0.4) is 0 Å². The monoisotopic (exact) mass is 235 g/mol. The summed E-state index contributed by atoms with van der Waals surface area (Å²) in [5.74, 6) is -0.875. The van der Waals surface area contributed by atoms with Gasteiger partial charge in [-0.2, -0.15) is 18.2 Å². The fourth-order valence-electron chi connectivity index (χ4n) is 1.51. The maximum atomic E-state index is 12.7. The van der Waals surface area contributed by atoms with Crippen LogP contribution in [0.1, 0.15) is 6.92 Å². The first-order chi connectivity index (χ1) is 7.23. The van der Waals surface area contributed by atoms with E-state index < -0.39 is 29.7 Å². The lowest BCUT2D eigenvalue weighted by molar-refractivity contribution is -0.174. The molecule has 1 aliphatic heterocycles. The van der Waals surface area contributed by atoms with Gasteiger partial charge >= 0.3 is 6.18 Å². The number of alkyl halides is 3. The van der Waals surface area contributed by atoms with Crippen molar-refractivity contribution in [1.82, 2.24) is 9.55 Å². The highest BCUT2D eigenvalue weighted by molar-refractivity contribution is 5.38. The molecule has 5 nitrogen and oxygen atoms in total. The van der Waals surface area contributed by atoms with Gasteiger partial charge in [-0.3, -0.25) is 9.36 Å². The van der Waals surface area contributed by atoms with Crippen LogP contribution in [0.5, 0.6) is 5.88 Å². The summed E-state index contributed by atoms with van der Waals surface area (Å²) in [6.07, 6.45) is -4.51. The van der Waals surface area contributed by atoms with Crippen LogP contribution in [0, 0.1) is 0 Å². The van der Waals surface area contributed by atoms with Crippen molar-refractivity contribution in [2.75, 3.05) is 5.32 Å². The molecule has 8 heteroatoms. The molecule has 1 aromatic rings. The van der Waals surface area contributed by atoms with Crippen molar-refractivity contribution in [2.45, 2.75) is 25.2 Å². The van der Waals surface area contributed by atoms with Crippen molar-refractivity contribution >= 4 is 5.95 Å². The number of nitrogens with zero attached hydrogens (tertiary/aromatic N) is 2. The van der Waals surface area contributed by atoms with Crippen LogP contribution in [-0.2, 0) is 6.54 Å². The van der Waals surface area contributed by atoms with E-state index in [1.807, 2.05) is 0 Å². The van der Waals surface area contributed by atoms with E-state index in [-0.39, 0.29) is 5.95 Å². The topological polar surface area (TPSA) is 67.1 Å². The number of aromatic hydroxyl groups is 1. The van der Waals surface area contributed by atoms with Crippen LogP contribution >= 0.6 is 0 Å². The zero-order valence-corrected chi connectivity index (χ0v) is 8.17. The quantitative estimate of drug-likeness (QED) is 0.694. The number of anilines is 1. The van der Waals surface area contributed by atoms with E-state index >= 15 is 0 Å². The van der Waals surface area contributed by atoms with Gasteiger partial charge in [-0.1, -0.05) is 0 Å². The third kappa shape index (κ3) is 1.41. The van der Waals surface area contributed by atoms with E-state index in [9.17, 15) is 18.0 Å². The van der Waals surface area contributed by atoms with Gasteiger partial charge in [0.15, 0.2) is 5.54 Å². The molecule has 0 saturated heterocycles. The Kier molecular flexibility index (Phi) is 1.95. The third-order valence-electron chi connectivity index (χ3n) is 2.48. The van der Waals surface area contributed by atoms with Crippen molar-refractivity contribution in [3.05, 3.63) is 16.4 Å². The number of nitrogens with one attached hydrogen (secondary N) is 1. The van der Waals surface area contributed by atoms with Crippen LogP contribution in [0.2, 0.25) is 0 Å². The summed E-state index contributed by atoms with van der Waals surface area (Å²) in [7, 11) is 0. The molecular weight excluding hydrogens is 227 g/mol. The lowest BCUT2D eigenvalue weighted by Crippen LogP contribution is -2.48. The Labute approximate surface area is 87.5 Å². The Bertz CT molecular complexity index is 496. The summed E-state index contributed by atoms with van der Waals surface area (Å²) < 4.78 is 38.9. The average molecular weight is 235 g/mol. The number of rotatable bonds is 0. The molecule has 0 radical (unpaired) electrons. The minimum Gasteiger partial charge on any atom is -0.493 e. The highest BCUT2D eigenvalue weighted by Crippen LogP contribution is 2.37. The second kappa shape index (κ2) is 2.89. The Balaban J connectivity index is 2.49. The molecule has 2 N–H and O–H groups in total. The highest BCUT2D eigenvalue weighted by atomic mass is 19.4. The summed E-state index contributed by atoms with van der Waals surface area (Å²) in [6.45, 7) is 0.371. The lowest BCUT2D eigenvalue weighted by Gasteiger charge is -2.26. The smallest absolute Gasteiger partial charge is 0.412 e. The molecule has 0 saturated carbocycles. The van der Waals surface area contributed by atoms with Crippen molar-refractivity contribution in [1.29, 1.82) is 0 Å². The molecule has 0 fully saturated rings. The second-order valence-corrected chi connectivity index (χ2v) is 3.82. The average Bonchev–Trinajstić information content (AvgIpc) is 2.42. The molecule has 0 aliphatic carbocycles. The van der Waals surface area contributed by atoms with E-state index in [1.165, 1.54) is 0 Å². The van der Waals surface area contributed by atoms with Crippen LogP contribution in [0.25, 0.3) is 0 Å². The molecule has 0 aromatic carbocycles. The van der Waals surface area contributed by atoms with E-state index in [0.717, 1.165) is 17.6 Å². The number of aromatic nitrogens is 2. The Morgan fingerprint density at radius 1 is 1.62 bits per heavy atom. The number of halogens is 3. The van der Waals surface area contributed by atoms with Crippen LogP contribution in [0.4, 0.5) is 19.1 Å². The molecular formula is C8H8F3N3O2. The normalized spacial score (nSPS) is 24.0. The SMILES string of the molecule is CC1(C(F)(F)F)Cn2c(nc(O)cc2=O)N1. The molecule has 1 aromatic heterocycles. The van der Waals surface area contributed by atoms with Crippen molar-refractivity contribution in [2.24, 2.45) is 0 Å². The largest absolute Gasteiger partial charge is 0.493 e. The van der Waals surface area contributed by atoms with Gasteiger partial charge < -0.3 is 10.4 Å². The zero-order valence-electron chi connectivity index (χ0n) is 8.17. The minimum absolute atomic E-state index is 0.273. The molecule has 2 rings (SSSR count). The molecule has 2 heterocycles. The molecule has 1 unspecified atom stereocenters. The van der Waals surface area contributed by atoms with Crippen molar-refractivity contribution in [3.8, 4) is 5.88 Å². The molecule has 16 heavy (non-hydrogen) atoms. The van der Waals surface area contributed by atoms with Crippen molar-refractivity contribution in [3.63, 3.8) is 0 Å². The first-order valence-electron chi connectivity index (χ1n) is 4.39. The number of hydrogen-bond acceptors (Lipinski definition) is 4. The van der Waals surface area contributed by atoms with Gasteiger partial charge in [0.05, 0.1) is 12.6 Å². The summed E-state index contributed by atoms with van der Waals surface area (Å²) in [5, 5.41) is 11.1. The van der Waals surface area contributed by atoms with Crippen LogP contribution in [-0.4, -0.2) is 26.4 Å². The Morgan fingerprint density at radius 3 is 2.81 bits per heavy atom. The second-order valence-electron chi connectivity index (χ2n) is 3.82. The predicted molar refractivity (Wildman–Crippen MR) is 48.2 cm³/mol. The maximum Gasteiger partial charge on any atom is 0.412 e. The van der Waals surface area contributed by atoms with Gasteiger partial charge in [-0.25, -0.2) is 0 Å². The van der Waals surface area contributed by atoms with Gasteiger partial charge in [-0.05, 0) is 6.92 Å². The van der Waals surface area contributed by atoms with Gasteiger partial charge in [0.2, 0.25) is 11.8 Å². The van der Waals surface area contributed by atoms with Gasteiger partial charge in [0, 0.05) is 0 Å². The molecule has 0 bridgehead atoms. The highest BCUT2D eigenvalue weighted by Gasteiger charge is 2.55. The number of fused-ring (bicyclic) bond motifs is 1. The van der Waals surface area contributed by atoms with E-state index in [4.69, 9.17) is 5.11 Å². The first kappa shape index (κ1) is 10.8. The van der Waals surface area contributed by atoms with Gasteiger partial charge in [0.1, 0.15) is 0 Å². The molecule has 1 atom stereocenters. The Hall–Kier alpha value is -1.73. The molecule has 0 amide bonds. The first-order valence-corrected chi connectivity index (χ1v) is 4.39. The lowest BCUT2D eigenvalue weighted by atomic mass is 10.0. The fraction of sp³-hybridized carbons (Fsp3) is 0.500. The van der Waals surface area contributed by atoms with E-state index in [0.29, 0.717) is 0 Å². The summed E-state index contributed by atoms with van der Waals surface area (Å²) in [5.41, 5.74) is -2.96. The number of hydrogen-bond donors (Lipinski definition) is 2. The van der Waals surface area contributed by atoms with E-state index in [2.05, 4.69) is 10.3 Å². The standard InChI is InChI=1S/C8H8F3N3O2/c1-7(8(9,10)11)3-14-5(16)2-4(15)12-6(14)13-7/h2,15H,3H2,1H3,(H,12,13). The van der Waals surface area contributed by atoms with Gasteiger partial charge in [-0.15, -0.1) is 0 Å². The summed E-state index contributed by atoms with van der Waals surface area (Å²) in [4.78, 5) is 14.7. The minimum atomic E-state index is -4.51. The van der Waals surface area contributed by atoms with Crippen LogP contribution in [0.15, 0.2) is 10.9 Å². The fourth-order valence-corrected chi connectivity index (χ4v) is 1.51. The van der Waals surface area contributed by atoms with Crippen LogP contribution < -0.4 is 10.9 Å². The molecule has 88 valence electrons. The summed E-state index contributed by atoms with van der Waals surface area (Å²) in [6, 6.07) is 0.771. The zero-order chi connectivity index (χ0) is 12.1. The third-order valence-corrected chi connectivity index (χ3v) is 2.48. The summed E-state index contributed by atoms with van der Waals surface area (Å²) >= 11 is 0. The predicted octanol–water partition coefficient (Wildman–Crippen LogP) is 0.695.